The highest BCUT2D eigenvalue weighted by atomic mass is 19.1. The van der Waals surface area contributed by atoms with Gasteiger partial charge >= 0.3 is 0 Å². The van der Waals surface area contributed by atoms with Gasteiger partial charge in [0.15, 0.2) is 11.6 Å². The molecule has 2 aromatic carbocycles. The lowest BCUT2D eigenvalue weighted by Crippen LogP contribution is -2.08. The Morgan fingerprint density at radius 3 is 2.50 bits per heavy atom. The molecule has 0 radical (unpaired) electrons. The summed E-state index contributed by atoms with van der Waals surface area (Å²) in [7, 11) is 0. The van der Waals surface area contributed by atoms with E-state index in [9.17, 15) is 4.39 Å². The molecule has 1 atom stereocenters. The normalized spacial score (nSPS) is 12.2. The van der Waals surface area contributed by atoms with Gasteiger partial charge in [0.05, 0.1) is 0 Å². The molecule has 20 heavy (non-hydrogen) atoms. The summed E-state index contributed by atoms with van der Waals surface area (Å²) in [5, 5.41) is 0. The van der Waals surface area contributed by atoms with Gasteiger partial charge in [-0.2, -0.15) is 0 Å². The predicted octanol–water partition coefficient (Wildman–Crippen LogP) is 3.78. The van der Waals surface area contributed by atoms with E-state index in [1.165, 1.54) is 5.56 Å². The Morgan fingerprint density at radius 2 is 1.85 bits per heavy atom. The lowest BCUT2D eigenvalue weighted by molar-refractivity contribution is 0.289. The van der Waals surface area contributed by atoms with Gasteiger partial charge in [-0.1, -0.05) is 43.3 Å². The molecule has 0 heterocycles. The van der Waals surface area contributed by atoms with Gasteiger partial charge in [-0.05, 0) is 42.1 Å². The zero-order valence-electron chi connectivity index (χ0n) is 11.9. The minimum absolute atomic E-state index is 0.291. The number of hydrogen-bond donors (Lipinski definition) is 1. The van der Waals surface area contributed by atoms with E-state index >= 15 is 0 Å². The minimum atomic E-state index is -0.291. The van der Waals surface area contributed by atoms with Crippen LogP contribution in [0.5, 0.6) is 5.75 Å². The van der Waals surface area contributed by atoms with E-state index < -0.39 is 0 Å². The highest BCUT2D eigenvalue weighted by Gasteiger charge is 2.06. The van der Waals surface area contributed by atoms with Crippen molar-refractivity contribution in [1.29, 1.82) is 0 Å². The molecule has 1 unspecified atom stereocenters. The lowest BCUT2D eigenvalue weighted by Gasteiger charge is -2.11. The fourth-order valence-electron chi connectivity index (χ4n) is 1.97. The maximum absolute atomic E-state index is 13.8. The third-order valence-electron chi connectivity index (χ3n) is 3.45. The Labute approximate surface area is 119 Å². The number of ether oxygens (including phenoxy) is 1. The Bertz CT molecular complexity index is 566. The Kier molecular flexibility index (Phi) is 4.74. The minimum Gasteiger partial charge on any atom is -0.486 e. The molecule has 3 heteroatoms. The first-order valence-corrected chi connectivity index (χ1v) is 6.78. The van der Waals surface area contributed by atoms with Crippen molar-refractivity contribution in [1.82, 2.24) is 0 Å². The van der Waals surface area contributed by atoms with E-state index in [1.807, 2.05) is 24.3 Å². The fourth-order valence-corrected chi connectivity index (χ4v) is 1.97. The van der Waals surface area contributed by atoms with Crippen LogP contribution in [0.4, 0.5) is 4.39 Å². The van der Waals surface area contributed by atoms with Gasteiger partial charge in [0, 0.05) is 0 Å². The van der Waals surface area contributed by atoms with E-state index in [1.54, 1.807) is 25.1 Å². The van der Waals surface area contributed by atoms with Gasteiger partial charge in [-0.15, -0.1) is 0 Å². The summed E-state index contributed by atoms with van der Waals surface area (Å²) in [6.07, 6.45) is 0. The molecule has 0 aromatic heterocycles. The Hall–Kier alpha value is -1.87. The largest absolute Gasteiger partial charge is 0.486 e. The van der Waals surface area contributed by atoms with Gasteiger partial charge in [-0.3, -0.25) is 0 Å². The molecule has 106 valence electrons. The molecule has 0 aliphatic heterocycles. The molecule has 0 bridgehead atoms. The number of aryl methyl sites for hydroxylation is 1. The van der Waals surface area contributed by atoms with Crippen molar-refractivity contribution in [2.75, 3.05) is 6.54 Å². The first-order valence-electron chi connectivity index (χ1n) is 6.78. The zero-order valence-corrected chi connectivity index (χ0v) is 11.9. The smallest absolute Gasteiger partial charge is 0.167 e. The Morgan fingerprint density at radius 1 is 1.15 bits per heavy atom. The van der Waals surface area contributed by atoms with Crippen LogP contribution in [0.1, 0.15) is 29.5 Å². The molecule has 0 saturated heterocycles. The second-order valence-electron chi connectivity index (χ2n) is 5.05. The second kappa shape index (κ2) is 6.53. The van der Waals surface area contributed by atoms with E-state index in [2.05, 4.69) is 6.92 Å². The van der Waals surface area contributed by atoms with Crippen molar-refractivity contribution >= 4 is 0 Å². The second-order valence-corrected chi connectivity index (χ2v) is 5.05. The van der Waals surface area contributed by atoms with Gasteiger partial charge in [0.1, 0.15) is 6.61 Å². The summed E-state index contributed by atoms with van der Waals surface area (Å²) in [5.74, 6) is 0.351. The molecule has 0 amide bonds. The fraction of sp³-hybridized carbons (Fsp3) is 0.294. The van der Waals surface area contributed by atoms with Crippen LogP contribution in [-0.4, -0.2) is 6.54 Å². The average Bonchev–Trinajstić information content (AvgIpc) is 2.48. The van der Waals surface area contributed by atoms with Crippen LogP contribution in [0.2, 0.25) is 0 Å². The van der Waals surface area contributed by atoms with Crippen molar-refractivity contribution < 1.29 is 9.13 Å². The molecule has 0 saturated carbocycles. The van der Waals surface area contributed by atoms with Crippen LogP contribution in [-0.2, 0) is 6.61 Å². The highest BCUT2D eigenvalue weighted by molar-refractivity contribution is 5.31. The highest BCUT2D eigenvalue weighted by Crippen LogP contribution is 2.21. The van der Waals surface area contributed by atoms with Gasteiger partial charge in [-0.25, -0.2) is 4.39 Å². The van der Waals surface area contributed by atoms with Crippen LogP contribution >= 0.6 is 0 Å². The van der Waals surface area contributed by atoms with Crippen LogP contribution in [0.15, 0.2) is 42.5 Å². The van der Waals surface area contributed by atoms with Gasteiger partial charge in [0.25, 0.3) is 0 Å². The van der Waals surface area contributed by atoms with Crippen LogP contribution in [0.3, 0.4) is 0 Å². The van der Waals surface area contributed by atoms with Gasteiger partial charge < -0.3 is 10.5 Å². The quantitative estimate of drug-likeness (QED) is 0.900. The number of rotatable bonds is 5. The first-order chi connectivity index (χ1) is 9.61. The van der Waals surface area contributed by atoms with Crippen molar-refractivity contribution in [3.8, 4) is 5.75 Å². The van der Waals surface area contributed by atoms with Crippen molar-refractivity contribution in [3.05, 3.63) is 65.0 Å². The molecule has 2 nitrogen and oxygen atoms in total. The molecule has 2 N–H and O–H groups in total. The number of benzene rings is 2. The molecule has 0 spiro atoms. The summed E-state index contributed by atoms with van der Waals surface area (Å²) in [6.45, 7) is 4.81. The van der Waals surface area contributed by atoms with E-state index in [0.29, 0.717) is 30.4 Å². The summed E-state index contributed by atoms with van der Waals surface area (Å²) < 4.78 is 19.3. The lowest BCUT2D eigenvalue weighted by atomic mass is 10.0. The standard InChI is InChI=1S/C17H20FNO/c1-12-4-3-5-16(17(12)18)20-11-14-6-8-15(9-7-14)13(2)10-19/h3-9,13H,10-11,19H2,1-2H3. The SMILES string of the molecule is Cc1cccc(OCc2ccc(C(C)CN)cc2)c1F. The molecule has 2 aromatic rings. The molecular weight excluding hydrogens is 253 g/mol. The first kappa shape index (κ1) is 14.5. The zero-order chi connectivity index (χ0) is 14.5. The molecule has 0 fully saturated rings. The number of halogens is 1. The van der Waals surface area contributed by atoms with E-state index in [-0.39, 0.29) is 5.82 Å². The number of hydrogen-bond acceptors (Lipinski definition) is 2. The molecule has 2 rings (SSSR count). The summed E-state index contributed by atoms with van der Waals surface area (Å²) in [5.41, 5.74) is 8.45. The predicted molar refractivity (Wildman–Crippen MR) is 79.4 cm³/mol. The van der Waals surface area contributed by atoms with Crippen molar-refractivity contribution in [2.45, 2.75) is 26.4 Å². The number of nitrogens with two attached hydrogens (primary N) is 1. The molecule has 0 aliphatic rings. The average molecular weight is 273 g/mol. The topological polar surface area (TPSA) is 35.2 Å². The summed E-state index contributed by atoms with van der Waals surface area (Å²) in [6, 6.07) is 13.2. The Balaban J connectivity index is 2.02. The van der Waals surface area contributed by atoms with Crippen LogP contribution in [0, 0.1) is 12.7 Å². The van der Waals surface area contributed by atoms with Crippen molar-refractivity contribution in [2.24, 2.45) is 5.73 Å². The molecular formula is C17H20FNO. The molecule has 0 aliphatic carbocycles. The monoisotopic (exact) mass is 273 g/mol. The summed E-state index contributed by atoms with van der Waals surface area (Å²) >= 11 is 0. The maximum atomic E-state index is 13.8. The maximum Gasteiger partial charge on any atom is 0.167 e. The van der Waals surface area contributed by atoms with Crippen LogP contribution in [0.25, 0.3) is 0 Å². The van der Waals surface area contributed by atoms with Crippen LogP contribution < -0.4 is 10.5 Å². The van der Waals surface area contributed by atoms with E-state index in [4.69, 9.17) is 10.5 Å². The third kappa shape index (κ3) is 3.36. The third-order valence-corrected chi connectivity index (χ3v) is 3.45. The van der Waals surface area contributed by atoms with Gasteiger partial charge in [0.2, 0.25) is 0 Å². The van der Waals surface area contributed by atoms with Crippen molar-refractivity contribution in [3.63, 3.8) is 0 Å². The van der Waals surface area contributed by atoms with E-state index in [0.717, 1.165) is 5.56 Å². The summed E-state index contributed by atoms with van der Waals surface area (Å²) in [4.78, 5) is 0.